The Kier molecular flexibility index (Phi) is 3.97. The van der Waals surface area contributed by atoms with Crippen LogP contribution in [-0.4, -0.2) is 41.6 Å². The molecule has 1 aromatic rings. The highest BCUT2D eigenvalue weighted by Crippen LogP contribution is 2.30. The van der Waals surface area contributed by atoms with Gasteiger partial charge in [-0.05, 0) is 31.9 Å². The van der Waals surface area contributed by atoms with Gasteiger partial charge in [0.1, 0.15) is 5.75 Å². The van der Waals surface area contributed by atoms with Gasteiger partial charge in [0.25, 0.3) is 5.91 Å². The maximum Gasteiger partial charge on any atom is 0.311 e. The molecule has 0 bridgehead atoms. The van der Waals surface area contributed by atoms with Gasteiger partial charge in [-0.25, -0.2) is 0 Å². The molecule has 5 nitrogen and oxygen atoms in total. The van der Waals surface area contributed by atoms with Gasteiger partial charge in [0.2, 0.25) is 0 Å². The molecule has 1 amide bonds. The first kappa shape index (κ1) is 14.4. The number of hydrogen-bond donors (Lipinski definition) is 1. The van der Waals surface area contributed by atoms with Crippen molar-refractivity contribution in [1.82, 2.24) is 4.90 Å². The van der Waals surface area contributed by atoms with Crippen LogP contribution in [0.4, 0.5) is 0 Å². The number of carboxylic acid groups (broad SMARTS) is 1. The fourth-order valence-corrected chi connectivity index (χ4v) is 2.30. The molecule has 1 atom stereocenters. The van der Waals surface area contributed by atoms with Crippen molar-refractivity contribution >= 4 is 11.9 Å². The second-order valence-electron chi connectivity index (χ2n) is 5.49. The van der Waals surface area contributed by atoms with E-state index in [4.69, 9.17) is 9.84 Å². The lowest BCUT2D eigenvalue weighted by Crippen LogP contribution is -2.37. The summed E-state index contributed by atoms with van der Waals surface area (Å²) in [5, 5.41) is 9.15. The summed E-state index contributed by atoms with van der Waals surface area (Å²) >= 11 is 0. The molecular formula is C15H19NO4. The topological polar surface area (TPSA) is 66.8 Å². The Bertz CT molecular complexity index is 528. The number of aryl methyl sites for hydroxylation is 1. The maximum absolute atomic E-state index is 12.0. The molecule has 1 saturated heterocycles. The summed E-state index contributed by atoms with van der Waals surface area (Å²) in [6.45, 7) is 4.25. The van der Waals surface area contributed by atoms with Crippen molar-refractivity contribution in [3.05, 3.63) is 29.8 Å². The number of carbonyl (C=O) groups is 2. The fraction of sp³-hybridized carbons (Fsp3) is 0.467. The Morgan fingerprint density at radius 3 is 2.70 bits per heavy atom. The van der Waals surface area contributed by atoms with E-state index >= 15 is 0 Å². The van der Waals surface area contributed by atoms with Gasteiger partial charge < -0.3 is 14.7 Å². The lowest BCUT2D eigenvalue weighted by Gasteiger charge is -2.20. The Morgan fingerprint density at radius 1 is 1.40 bits per heavy atom. The van der Waals surface area contributed by atoms with Crippen LogP contribution in [0.2, 0.25) is 0 Å². The molecular weight excluding hydrogens is 258 g/mol. The van der Waals surface area contributed by atoms with Crippen LogP contribution in [0.5, 0.6) is 5.75 Å². The summed E-state index contributed by atoms with van der Waals surface area (Å²) in [4.78, 5) is 24.8. The van der Waals surface area contributed by atoms with Crippen LogP contribution in [0.3, 0.4) is 0 Å². The van der Waals surface area contributed by atoms with Crippen LogP contribution in [0.25, 0.3) is 0 Å². The highest BCUT2D eigenvalue weighted by atomic mass is 16.5. The van der Waals surface area contributed by atoms with Gasteiger partial charge in [-0.2, -0.15) is 0 Å². The van der Waals surface area contributed by atoms with Gasteiger partial charge in [0.15, 0.2) is 6.61 Å². The van der Waals surface area contributed by atoms with E-state index in [1.807, 2.05) is 31.2 Å². The summed E-state index contributed by atoms with van der Waals surface area (Å²) in [6, 6.07) is 7.48. The van der Waals surface area contributed by atoms with E-state index < -0.39 is 11.4 Å². The summed E-state index contributed by atoms with van der Waals surface area (Å²) in [5.74, 6) is -0.341. The number of nitrogens with zero attached hydrogens (tertiary/aromatic N) is 1. The number of hydrogen-bond acceptors (Lipinski definition) is 3. The number of aliphatic carboxylic acids is 1. The number of likely N-dealkylation sites (tertiary alicyclic amines) is 1. The third-order valence-corrected chi connectivity index (χ3v) is 3.79. The lowest BCUT2D eigenvalue weighted by molar-refractivity contribution is -0.147. The molecule has 1 aliphatic rings. The second kappa shape index (κ2) is 5.53. The van der Waals surface area contributed by atoms with Gasteiger partial charge in [0, 0.05) is 13.1 Å². The quantitative estimate of drug-likeness (QED) is 0.909. The minimum absolute atomic E-state index is 0.0550. The lowest BCUT2D eigenvalue weighted by atomic mass is 9.90. The molecule has 1 aliphatic heterocycles. The molecule has 1 fully saturated rings. The van der Waals surface area contributed by atoms with Crippen molar-refractivity contribution in [1.29, 1.82) is 0 Å². The van der Waals surface area contributed by atoms with E-state index in [9.17, 15) is 9.59 Å². The van der Waals surface area contributed by atoms with Gasteiger partial charge >= 0.3 is 5.97 Å². The zero-order valence-electron chi connectivity index (χ0n) is 11.8. The summed E-state index contributed by atoms with van der Waals surface area (Å²) in [7, 11) is 0. The smallest absolute Gasteiger partial charge is 0.311 e. The van der Waals surface area contributed by atoms with Crippen LogP contribution in [0.1, 0.15) is 18.9 Å². The second-order valence-corrected chi connectivity index (χ2v) is 5.49. The summed E-state index contributed by atoms with van der Waals surface area (Å²) < 4.78 is 5.50. The van der Waals surface area contributed by atoms with E-state index in [-0.39, 0.29) is 19.1 Å². The molecule has 0 radical (unpaired) electrons. The first-order chi connectivity index (χ1) is 9.42. The molecule has 0 aliphatic carbocycles. The molecule has 0 aromatic heterocycles. The largest absolute Gasteiger partial charge is 0.484 e. The Morgan fingerprint density at radius 2 is 2.10 bits per heavy atom. The van der Waals surface area contributed by atoms with E-state index in [1.54, 1.807) is 11.8 Å². The first-order valence-corrected chi connectivity index (χ1v) is 6.62. The zero-order valence-corrected chi connectivity index (χ0v) is 11.8. The van der Waals surface area contributed by atoms with Crippen LogP contribution < -0.4 is 4.74 Å². The Labute approximate surface area is 118 Å². The fourth-order valence-electron chi connectivity index (χ4n) is 2.30. The van der Waals surface area contributed by atoms with Crippen molar-refractivity contribution in [3.8, 4) is 5.75 Å². The normalized spacial score (nSPS) is 21.8. The van der Waals surface area contributed by atoms with Gasteiger partial charge in [-0.1, -0.05) is 18.2 Å². The van der Waals surface area contributed by atoms with Crippen molar-refractivity contribution in [2.24, 2.45) is 5.41 Å². The van der Waals surface area contributed by atoms with Crippen LogP contribution in [-0.2, 0) is 9.59 Å². The standard InChI is InChI=1S/C15H19NO4/c1-11-5-3-4-6-12(11)20-9-13(17)16-8-7-15(2,10-16)14(18)19/h3-6H,7-10H2,1-2H3,(H,18,19). The Hall–Kier alpha value is -2.04. The van der Waals surface area contributed by atoms with Crippen molar-refractivity contribution in [2.45, 2.75) is 20.3 Å². The number of carbonyl (C=O) groups excluding carboxylic acids is 1. The number of rotatable bonds is 4. The monoisotopic (exact) mass is 277 g/mol. The van der Waals surface area contributed by atoms with E-state index in [2.05, 4.69) is 0 Å². The molecule has 0 spiro atoms. The van der Waals surface area contributed by atoms with Crippen LogP contribution in [0.15, 0.2) is 24.3 Å². The molecule has 1 aromatic carbocycles. The van der Waals surface area contributed by atoms with Crippen molar-refractivity contribution in [2.75, 3.05) is 19.7 Å². The Balaban J connectivity index is 1.91. The predicted octanol–water partition coefficient (Wildman–Crippen LogP) is 1.70. The van der Waals surface area contributed by atoms with Crippen LogP contribution in [0, 0.1) is 12.3 Å². The van der Waals surface area contributed by atoms with Crippen molar-refractivity contribution in [3.63, 3.8) is 0 Å². The summed E-state index contributed by atoms with van der Waals surface area (Å²) in [6.07, 6.45) is 0.485. The summed E-state index contributed by atoms with van der Waals surface area (Å²) in [5.41, 5.74) is 0.135. The van der Waals surface area contributed by atoms with Crippen molar-refractivity contribution < 1.29 is 19.4 Å². The molecule has 0 saturated carbocycles. The molecule has 108 valence electrons. The number of benzene rings is 1. The molecule has 1 N–H and O–H groups in total. The minimum Gasteiger partial charge on any atom is -0.484 e. The maximum atomic E-state index is 12.0. The van der Waals surface area contributed by atoms with E-state index in [0.717, 1.165) is 5.56 Å². The zero-order chi connectivity index (χ0) is 14.8. The average Bonchev–Trinajstić information content (AvgIpc) is 2.82. The first-order valence-electron chi connectivity index (χ1n) is 6.62. The predicted molar refractivity (Wildman–Crippen MR) is 73.6 cm³/mol. The average molecular weight is 277 g/mol. The third kappa shape index (κ3) is 2.92. The van der Waals surface area contributed by atoms with E-state index in [0.29, 0.717) is 18.7 Å². The number of amides is 1. The molecule has 1 unspecified atom stereocenters. The molecule has 1 heterocycles. The third-order valence-electron chi connectivity index (χ3n) is 3.79. The SMILES string of the molecule is Cc1ccccc1OCC(=O)N1CCC(C)(C(=O)O)C1. The highest BCUT2D eigenvalue weighted by Gasteiger charge is 2.42. The molecule has 5 heteroatoms. The number of ether oxygens (including phenoxy) is 1. The van der Waals surface area contributed by atoms with Gasteiger partial charge in [0.05, 0.1) is 5.41 Å². The van der Waals surface area contributed by atoms with Crippen LogP contribution >= 0.6 is 0 Å². The van der Waals surface area contributed by atoms with Gasteiger partial charge in [-0.15, -0.1) is 0 Å². The molecule has 20 heavy (non-hydrogen) atoms. The van der Waals surface area contributed by atoms with E-state index in [1.165, 1.54) is 0 Å². The number of para-hydroxylation sites is 1. The van der Waals surface area contributed by atoms with Gasteiger partial charge in [-0.3, -0.25) is 9.59 Å². The number of carboxylic acids is 1. The molecule has 2 rings (SSSR count). The highest BCUT2D eigenvalue weighted by molar-refractivity contribution is 5.81. The minimum atomic E-state index is -0.854.